The van der Waals surface area contributed by atoms with E-state index < -0.39 is 0 Å². The predicted molar refractivity (Wildman–Crippen MR) is 109 cm³/mol. The highest BCUT2D eigenvalue weighted by Crippen LogP contribution is 2.27. The molecule has 2 aliphatic rings. The summed E-state index contributed by atoms with van der Waals surface area (Å²) in [5.74, 6) is 0.984. The maximum Gasteiger partial charge on any atom is 0.274 e. The molecule has 5 heterocycles. The second-order valence-electron chi connectivity index (χ2n) is 7.30. The summed E-state index contributed by atoms with van der Waals surface area (Å²) in [7, 11) is 0. The van der Waals surface area contributed by atoms with Crippen LogP contribution in [0.4, 0.5) is 5.82 Å². The summed E-state index contributed by atoms with van der Waals surface area (Å²) >= 11 is 1.62. The predicted octanol–water partition coefficient (Wildman–Crippen LogP) is 1.77. The number of nitrogens with zero attached hydrogens (tertiary/aromatic N) is 6. The molecule has 3 aromatic rings. The molecule has 0 saturated carbocycles. The minimum Gasteiger partial charge on any atom is -0.352 e. The molecule has 0 aliphatic carbocycles. The SMILES string of the molecule is O=C(c1ccn(C2CCCNC2)n1)N1CCN(c2ncnc3sccc23)CC1. The van der Waals surface area contributed by atoms with Crippen LogP contribution in [0.25, 0.3) is 10.2 Å². The number of piperidine rings is 1. The van der Waals surface area contributed by atoms with Crippen molar-refractivity contribution in [1.29, 1.82) is 0 Å². The summed E-state index contributed by atoms with van der Waals surface area (Å²) in [5, 5.41) is 11.1. The van der Waals surface area contributed by atoms with E-state index in [1.54, 1.807) is 17.7 Å². The van der Waals surface area contributed by atoms with Crippen LogP contribution < -0.4 is 10.2 Å². The molecule has 146 valence electrons. The standard InChI is InChI=1S/C19H23N7OS/c27-19(16-3-6-26(23-16)14-2-1-5-20-12-14)25-9-7-24(8-10-25)17-15-4-11-28-18(15)22-13-21-17/h3-4,6,11,13-14,20H,1-2,5,7-10,12H2. The van der Waals surface area contributed by atoms with Gasteiger partial charge in [0, 0.05) is 38.9 Å². The molecule has 1 atom stereocenters. The number of carbonyl (C=O) groups excluding carboxylic acids is 1. The van der Waals surface area contributed by atoms with Gasteiger partial charge < -0.3 is 15.1 Å². The van der Waals surface area contributed by atoms with Crippen LogP contribution in [0.1, 0.15) is 29.4 Å². The van der Waals surface area contributed by atoms with Crippen LogP contribution in [-0.2, 0) is 0 Å². The Morgan fingerprint density at radius 3 is 2.89 bits per heavy atom. The van der Waals surface area contributed by atoms with Crippen molar-refractivity contribution in [2.45, 2.75) is 18.9 Å². The number of aromatic nitrogens is 4. The number of fused-ring (bicyclic) bond motifs is 1. The van der Waals surface area contributed by atoms with Gasteiger partial charge in [0.2, 0.25) is 0 Å². The first-order valence-corrected chi connectivity index (χ1v) is 10.7. The molecular formula is C19H23N7OS. The van der Waals surface area contributed by atoms with Gasteiger partial charge in [-0.25, -0.2) is 9.97 Å². The molecule has 2 fully saturated rings. The van der Waals surface area contributed by atoms with Gasteiger partial charge in [-0.1, -0.05) is 0 Å². The molecule has 0 bridgehead atoms. The van der Waals surface area contributed by atoms with E-state index in [0.29, 0.717) is 24.8 Å². The second-order valence-corrected chi connectivity index (χ2v) is 8.19. The molecule has 0 radical (unpaired) electrons. The number of anilines is 1. The van der Waals surface area contributed by atoms with Crippen molar-refractivity contribution in [2.24, 2.45) is 0 Å². The highest BCUT2D eigenvalue weighted by atomic mass is 32.1. The van der Waals surface area contributed by atoms with Crippen molar-refractivity contribution in [3.63, 3.8) is 0 Å². The molecule has 0 spiro atoms. The Kier molecular flexibility index (Phi) is 4.69. The van der Waals surface area contributed by atoms with Crippen molar-refractivity contribution < 1.29 is 4.79 Å². The molecule has 3 aromatic heterocycles. The van der Waals surface area contributed by atoms with Crippen LogP contribution in [0.3, 0.4) is 0 Å². The fourth-order valence-electron chi connectivity index (χ4n) is 4.03. The zero-order valence-electron chi connectivity index (χ0n) is 15.6. The average Bonchev–Trinajstić information content (AvgIpc) is 3.43. The summed E-state index contributed by atoms with van der Waals surface area (Å²) in [6.07, 6.45) is 5.82. The van der Waals surface area contributed by atoms with Crippen LogP contribution in [0.5, 0.6) is 0 Å². The topological polar surface area (TPSA) is 79.2 Å². The molecule has 5 rings (SSSR count). The van der Waals surface area contributed by atoms with Gasteiger partial charge in [-0.05, 0) is 36.9 Å². The normalized spacial score (nSPS) is 20.6. The van der Waals surface area contributed by atoms with E-state index in [4.69, 9.17) is 0 Å². The van der Waals surface area contributed by atoms with E-state index in [1.165, 1.54) is 0 Å². The van der Waals surface area contributed by atoms with Crippen LogP contribution in [0.15, 0.2) is 30.0 Å². The van der Waals surface area contributed by atoms with Gasteiger partial charge in [0.25, 0.3) is 5.91 Å². The average molecular weight is 398 g/mol. The highest BCUT2D eigenvalue weighted by Gasteiger charge is 2.26. The van der Waals surface area contributed by atoms with E-state index in [9.17, 15) is 4.79 Å². The fourth-order valence-corrected chi connectivity index (χ4v) is 4.75. The van der Waals surface area contributed by atoms with E-state index >= 15 is 0 Å². The van der Waals surface area contributed by atoms with Crippen LogP contribution >= 0.6 is 11.3 Å². The van der Waals surface area contributed by atoms with Gasteiger partial charge in [-0.3, -0.25) is 9.48 Å². The van der Waals surface area contributed by atoms with Crippen molar-refractivity contribution in [3.05, 3.63) is 35.7 Å². The molecular weight excluding hydrogens is 374 g/mol. The lowest BCUT2D eigenvalue weighted by molar-refractivity contribution is 0.0739. The number of carbonyl (C=O) groups is 1. The Balaban J connectivity index is 1.25. The number of amides is 1. The van der Waals surface area contributed by atoms with E-state index in [2.05, 4.69) is 31.3 Å². The van der Waals surface area contributed by atoms with E-state index in [0.717, 1.165) is 55.1 Å². The molecule has 1 amide bonds. The molecule has 8 nitrogen and oxygen atoms in total. The monoisotopic (exact) mass is 397 g/mol. The Morgan fingerprint density at radius 2 is 2.07 bits per heavy atom. The number of hydrogen-bond acceptors (Lipinski definition) is 7. The third-order valence-electron chi connectivity index (χ3n) is 5.58. The number of thiophene rings is 1. The minimum atomic E-state index is 0.0190. The summed E-state index contributed by atoms with van der Waals surface area (Å²) < 4.78 is 1.95. The summed E-state index contributed by atoms with van der Waals surface area (Å²) in [4.78, 5) is 26.9. The zero-order chi connectivity index (χ0) is 18.9. The van der Waals surface area contributed by atoms with Crippen molar-refractivity contribution in [3.8, 4) is 0 Å². The third kappa shape index (κ3) is 3.24. The number of rotatable bonds is 3. The molecule has 0 aromatic carbocycles. The first-order valence-electron chi connectivity index (χ1n) is 9.78. The Bertz CT molecular complexity index is 969. The minimum absolute atomic E-state index is 0.0190. The quantitative estimate of drug-likeness (QED) is 0.726. The largest absolute Gasteiger partial charge is 0.352 e. The van der Waals surface area contributed by atoms with Crippen molar-refractivity contribution in [1.82, 2.24) is 30.0 Å². The smallest absolute Gasteiger partial charge is 0.274 e. The third-order valence-corrected chi connectivity index (χ3v) is 6.40. The zero-order valence-corrected chi connectivity index (χ0v) is 16.4. The Morgan fingerprint density at radius 1 is 1.18 bits per heavy atom. The first-order chi connectivity index (χ1) is 13.8. The lowest BCUT2D eigenvalue weighted by Gasteiger charge is -2.35. The second kappa shape index (κ2) is 7.48. The van der Waals surface area contributed by atoms with Gasteiger partial charge >= 0.3 is 0 Å². The molecule has 2 aliphatic heterocycles. The molecule has 1 unspecified atom stereocenters. The van der Waals surface area contributed by atoms with Crippen LogP contribution in [0.2, 0.25) is 0 Å². The van der Waals surface area contributed by atoms with Gasteiger partial charge in [0.1, 0.15) is 22.7 Å². The number of hydrogen-bond donors (Lipinski definition) is 1. The van der Waals surface area contributed by atoms with Crippen molar-refractivity contribution in [2.75, 3.05) is 44.2 Å². The maximum atomic E-state index is 12.9. The molecule has 28 heavy (non-hydrogen) atoms. The summed E-state index contributed by atoms with van der Waals surface area (Å²) in [6.45, 7) is 4.86. The molecule has 2 saturated heterocycles. The van der Waals surface area contributed by atoms with Crippen LogP contribution in [0, 0.1) is 0 Å². The summed E-state index contributed by atoms with van der Waals surface area (Å²) in [6, 6.07) is 4.26. The first kappa shape index (κ1) is 17.6. The molecule has 1 N–H and O–H groups in total. The van der Waals surface area contributed by atoms with Gasteiger partial charge in [0.05, 0.1) is 11.4 Å². The van der Waals surface area contributed by atoms with E-state index in [1.807, 2.05) is 27.2 Å². The van der Waals surface area contributed by atoms with Gasteiger partial charge in [0.15, 0.2) is 0 Å². The van der Waals surface area contributed by atoms with E-state index in [-0.39, 0.29) is 5.91 Å². The molecule has 9 heteroatoms. The lowest BCUT2D eigenvalue weighted by Crippen LogP contribution is -2.49. The summed E-state index contributed by atoms with van der Waals surface area (Å²) in [5.41, 5.74) is 0.543. The highest BCUT2D eigenvalue weighted by molar-refractivity contribution is 7.16. The maximum absolute atomic E-state index is 12.9. The Hall–Kier alpha value is -2.52. The van der Waals surface area contributed by atoms with Crippen LogP contribution in [-0.4, -0.2) is 69.8 Å². The lowest BCUT2D eigenvalue weighted by atomic mass is 10.1. The fraction of sp³-hybridized carbons (Fsp3) is 0.474. The number of nitrogens with one attached hydrogen (secondary N) is 1. The van der Waals surface area contributed by atoms with Crippen molar-refractivity contribution >= 4 is 33.3 Å². The Labute approximate surface area is 167 Å². The van der Waals surface area contributed by atoms with Gasteiger partial charge in [-0.15, -0.1) is 11.3 Å². The van der Waals surface area contributed by atoms with Gasteiger partial charge in [-0.2, -0.15) is 5.10 Å². The number of piperazine rings is 1.